The van der Waals surface area contributed by atoms with Gasteiger partial charge >= 0.3 is 0 Å². The summed E-state index contributed by atoms with van der Waals surface area (Å²) < 4.78 is 0. The van der Waals surface area contributed by atoms with E-state index < -0.39 is 0 Å². The fraction of sp³-hybridized carbons (Fsp3) is 1.00. The van der Waals surface area contributed by atoms with E-state index in [0.29, 0.717) is 10.8 Å². The highest BCUT2D eigenvalue weighted by Gasteiger charge is 2.66. The van der Waals surface area contributed by atoms with Crippen LogP contribution in [0.3, 0.4) is 0 Å². The Labute approximate surface area is 71.8 Å². The molecule has 0 aromatic heterocycles. The van der Waals surface area contributed by atoms with Crippen LogP contribution in [0.5, 0.6) is 0 Å². The van der Waals surface area contributed by atoms with Gasteiger partial charge in [-0.1, -0.05) is 53.6 Å². The predicted octanol–water partition coefficient (Wildman–Crippen LogP) is 3.57. The van der Waals surface area contributed by atoms with E-state index in [1.807, 2.05) is 0 Å². The molecule has 0 aromatic rings. The number of hydrogen-bond donors (Lipinski definition) is 0. The molecule has 2 unspecified atom stereocenters. The van der Waals surface area contributed by atoms with E-state index in [1.165, 1.54) is 6.42 Å². The Hall–Kier alpha value is 0.0649. The van der Waals surface area contributed by atoms with Crippen molar-refractivity contribution in [2.75, 3.05) is 0 Å². The van der Waals surface area contributed by atoms with Gasteiger partial charge in [-0.15, -0.1) is 0 Å². The Bertz CT molecular complexity index is 160. The second-order valence-corrected chi connectivity index (χ2v) is 5.21. The quantitative estimate of drug-likeness (QED) is 0.530. The summed E-state index contributed by atoms with van der Waals surface area (Å²) in [6.07, 6.45) is 1.34. The van der Waals surface area contributed by atoms with Gasteiger partial charge in [0.25, 0.3) is 0 Å². The topological polar surface area (TPSA) is 0 Å². The maximum absolute atomic E-state index is 2.44. The van der Waals surface area contributed by atoms with E-state index in [4.69, 9.17) is 0 Å². The molecule has 0 radical (unpaired) electrons. The molecule has 0 spiro atoms. The summed E-state index contributed by atoms with van der Waals surface area (Å²) in [5.41, 5.74) is 1.22. The summed E-state index contributed by atoms with van der Waals surface area (Å²) in [7, 11) is 0. The molecule has 1 heteroatoms. The predicted molar refractivity (Wildman–Crippen MR) is 53.4 cm³/mol. The summed E-state index contributed by atoms with van der Waals surface area (Å²) in [6, 6.07) is 0. The summed E-state index contributed by atoms with van der Waals surface area (Å²) in [4.78, 5) is 0. The van der Waals surface area contributed by atoms with E-state index in [2.05, 4.69) is 41.3 Å². The molecule has 64 valence electrons. The molecule has 1 saturated carbocycles. The lowest BCUT2D eigenvalue weighted by atomic mass is 9.47. The Morgan fingerprint density at radius 1 is 1.18 bits per heavy atom. The maximum Gasteiger partial charge on any atom is 0.138 e. The average molecular weight is 152 g/mol. The number of rotatable bonds is 2. The van der Waals surface area contributed by atoms with Crippen molar-refractivity contribution >= 4 is 6.71 Å². The second-order valence-electron chi connectivity index (χ2n) is 5.21. The van der Waals surface area contributed by atoms with Crippen molar-refractivity contribution in [2.45, 2.75) is 53.6 Å². The Morgan fingerprint density at radius 2 is 1.64 bits per heavy atom. The standard InChI is InChI=1S/C10H21B/c1-7-10(4)8(11(5)6)9(10,2)3/h8H,7H2,1-6H3. The van der Waals surface area contributed by atoms with Crippen LogP contribution in [0.4, 0.5) is 0 Å². The average Bonchev–Trinajstić information content (AvgIpc) is 2.29. The first-order valence-electron chi connectivity index (χ1n) is 4.88. The lowest BCUT2D eigenvalue weighted by Crippen LogP contribution is -2.05. The van der Waals surface area contributed by atoms with Gasteiger partial charge in [-0.25, -0.2) is 0 Å². The van der Waals surface area contributed by atoms with Crippen molar-refractivity contribution in [3.05, 3.63) is 0 Å². The third-order valence-electron chi connectivity index (χ3n) is 4.25. The van der Waals surface area contributed by atoms with Crippen molar-refractivity contribution in [3.63, 3.8) is 0 Å². The Balaban J connectivity index is 2.75. The zero-order valence-electron chi connectivity index (χ0n) is 8.86. The van der Waals surface area contributed by atoms with Gasteiger partial charge in [0.15, 0.2) is 0 Å². The van der Waals surface area contributed by atoms with Crippen LogP contribution < -0.4 is 0 Å². The van der Waals surface area contributed by atoms with E-state index >= 15 is 0 Å². The lowest BCUT2D eigenvalue weighted by Gasteiger charge is -2.10. The van der Waals surface area contributed by atoms with Crippen LogP contribution in [0.15, 0.2) is 0 Å². The van der Waals surface area contributed by atoms with Crippen molar-refractivity contribution in [3.8, 4) is 0 Å². The molecule has 1 aliphatic carbocycles. The summed E-state index contributed by atoms with van der Waals surface area (Å²) in [6.45, 7) is 15.2. The molecular formula is C10H21B. The van der Waals surface area contributed by atoms with Gasteiger partial charge in [0.1, 0.15) is 6.71 Å². The molecule has 0 N–H and O–H groups in total. The number of hydrogen-bond acceptors (Lipinski definition) is 0. The molecule has 11 heavy (non-hydrogen) atoms. The van der Waals surface area contributed by atoms with Crippen LogP contribution in [0.1, 0.15) is 34.1 Å². The van der Waals surface area contributed by atoms with Crippen LogP contribution in [-0.4, -0.2) is 6.71 Å². The molecule has 0 nitrogen and oxygen atoms in total. The van der Waals surface area contributed by atoms with Crippen LogP contribution in [0.2, 0.25) is 19.5 Å². The van der Waals surface area contributed by atoms with Crippen molar-refractivity contribution < 1.29 is 0 Å². The van der Waals surface area contributed by atoms with E-state index in [9.17, 15) is 0 Å². The molecule has 0 aromatic carbocycles. The van der Waals surface area contributed by atoms with Gasteiger partial charge < -0.3 is 0 Å². The first-order chi connectivity index (χ1) is 4.88. The second kappa shape index (κ2) is 2.28. The summed E-state index contributed by atoms with van der Waals surface area (Å²) in [5, 5.41) is 0. The van der Waals surface area contributed by atoms with Crippen LogP contribution in [0, 0.1) is 10.8 Å². The van der Waals surface area contributed by atoms with E-state index in [0.717, 1.165) is 12.5 Å². The third kappa shape index (κ3) is 0.964. The van der Waals surface area contributed by atoms with E-state index in [-0.39, 0.29) is 0 Å². The molecule has 0 saturated heterocycles. The van der Waals surface area contributed by atoms with Crippen LogP contribution in [0.25, 0.3) is 0 Å². The minimum absolute atomic E-state index is 0.593. The summed E-state index contributed by atoms with van der Waals surface area (Å²) >= 11 is 0. The zero-order valence-corrected chi connectivity index (χ0v) is 8.86. The molecule has 1 rings (SSSR count). The minimum atomic E-state index is 0.593. The van der Waals surface area contributed by atoms with E-state index in [1.54, 1.807) is 0 Å². The molecular weight excluding hydrogens is 131 g/mol. The molecule has 0 heterocycles. The lowest BCUT2D eigenvalue weighted by molar-refractivity contribution is 0.406. The molecule has 0 bridgehead atoms. The first kappa shape index (κ1) is 9.16. The summed E-state index contributed by atoms with van der Waals surface area (Å²) in [5.74, 6) is 0.944. The van der Waals surface area contributed by atoms with Gasteiger partial charge in [0.2, 0.25) is 0 Å². The molecule has 0 amide bonds. The third-order valence-corrected chi connectivity index (χ3v) is 4.25. The highest BCUT2D eigenvalue weighted by Crippen LogP contribution is 2.75. The van der Waals surface area contributed by atoms with Crippen molar-refractivity contribution in [2.24, 2.45) is 10.8 Å². The van der Waals surface area contributed by atoms with Crippen molar-refractivity contribution in [1.82, 2.24) is 0 Å². The SMILES string of the molecule is CCC1(C)C(B(C)C)C1(C)C. The molecule has 2 atom stereocenters. The monoisotopic (exact) mass is 152 g/mol. The largest absolute Gasteiger partial charge is 0.138 e. The highest BCUT2D eigenvalue weighted by atomic mass is 14.7. The molecule has 0 aliphatic heterocycles. The van der Waals surface area contributed by atoms with Gasteiger partial charge in [0.05, 0.1) is 0 Å². The zero-order chi connectivity index (χ0) is 8.86. The first-order valence-corrected chi connectivity index (χ1v) is 4.88. The molecule has 1 fully saturated rings. The van der Waals surface area contributed by atoms with Gasteiger partial charge in [-0.2, -0.15) is 0 Å². The van der Waals surface area contributed by atoms with Crippen LogP contribution >= 0.6 is 0 Å². The van der Waals surface area contributed by atoms with Crippen molar-refractivity contribution in [1.29, 1.82) is 0 Å². The highest BCUT2D eigenvalue weighted by molar-refractivity contribution is 6.59. The fourth-order valence-electron chi connectivity index (χ4n) is 3.36. The smallest absolute Gasteiger partial charge is 0.0860 e. The van der Waals surface area contributed by atoms with Gasteiger partial charge in [-0.05, 0) is 10.8 Å². The normalized spacial score (nSPS) is 40.4. The van der Waals surface area contributed by atoms with Gasteiger partial charge in [-0.3, -0.25) is 0 Å². The minimum Gasteiger partial charge on any atom is -0.0860 e. The fourth-order valence-corrected chi connectivity index (χ4v) is 3.36. The van der Waals surface area contributed by atoms with Crippen LogP contribution in [-0.2, 0) is 0 Å². The van der Waals surface area contributed by atoms with Gasteiger partial charge in [0, 0.05) is 0 Å². The Kier molecular flexibility index (Phi) is 1.89. The maximum atomic E-state index is 2.44. The Morgan fingerprint density at radius 3 is 1.73 bits per heavy atom. The molecule has 1 aliphatic rings.